The van der Waals surface area contributed by atoms with Gasteiger partial charge in [-0.3, -0.25) is 0 Å². The second-order valence-corrected chi connectivity index (χ2v) is 5.43. The van der Waals surface area contributed by atoms with Gasteiger partial charge in [0.25, 0.3) is 0 Å². The molecule has 8 nitrogen and oxygen atoms in total. The number of aliphatic hydroxyl groups excluding tert-OH is 1. The Morgan fingerprint density at radius 2 is 1.88 bits per heavy atom. The number of aliphatic hydroxyl groups is 1. The predicted molar refractivity (Wildman–Crippen MR) is 91.9 cm³/mol. The van der Waals surface area contributed by atoms with E-state index in [1.807, 2.05) is 12.1 Å². The average Bonchev–Trinajstić information content (AvgIpc) is 3.10. The van der Waals surface area contributed by atoms with Crippen molar-refractivity contribution in [1.82, 2.24) is 20.7 Å². The van der Waals surface area contributed by atoms with Crippen LogP contribution in [0.2, 0.25) is 0 Å². The molecular weight excluding hydrogens is 324 g/mol. The summed E-state index contributed by atoms with van der Waals surface area (Å²) >= 11 is 0. The molecule has 3 rings (SSSR count). The summed E-state index contributed by atoms with van der Waals surface area (Å²) in [6.07, 6.45) is -0.674. The smallest absolute Gasteiger partial charge is 0.160 e. The third-order valence-electron chi connectivity index (χ3n) is 3.52. The summed E-state index contributed by atoms with van der Waals surface area (Å²) < 4.78 is 11.0. The Hall–Kier alpha value is -2.84. The molecule has 0 amide bonds. The van der Waals surface area contributed by atoms with E-state index in [0.717, 1.165) is 0 Å². The number of fused-ring (bicyclic) bond motifs is 1. The maximum absolute atomic E-state index is 9.98. The summed E-state index contributed by atoms with van der Waals surface area (Å²) in [4.78, 5) is 0. The molecule has 1 heterocycles. The topological polar surface area (TPSA) is 113 Å². The molecular formula is C17H20N4O4. The van der Waals surface area contributed by atoms with Gasteiger partial charge in [0, 0.05) is 13.1 Å². The zero-order chi connectivity index (χ0) is 17.5. The van der Waals surface area contributed by atoms with Crippen LogP contribution < -0.4 is 14.8 Å². The van der Waals surface area contributed by atoms with Crippen LogP contribution in [0.3, 0.4) is 0 Å². The van der Waals surface area contributed by atoms with Gasteiger partial charge in [-0.25, -0.2) is 0 Å². The van der Waals surface area contributed by atoms with Gasteiger partial charge in [0.1, 0.15) is 30.6 Å². The molecule has 0 saturated carbocycles. The fourth-order valence-electron chi connectivity index (χ4n) is 2.28. The van der Waals surface area contributed by atoms with Gasteiger partial charge in [-0.15, -0.1) is 0 Å². The fourth-order valence-corrected chi connectivity index (χ4v) is 2.28. The highest BCUT2D eigenvalue weighted by molar-refractivity contribution is 5.80. The number of aromatic amines is 1. The average molecular weight is 344 g/mol. The molecule has 0 aliphatic carbocycles. The molecule has 0 aliphatic rings. The van der Waals surface area contributed by atoms with E-state index in [-0.39, 0.29) is 12.4 Å². The number of phenolic OH excluding ortho intramolecular Hbond substituents is 1. The van der Waals surface area contributed by atoms with E-state index in [1.54, 1.807) is 30.3 Å². The lowest BCUT2D eigenvalue weighted by Crippen LogP contribution is -2.33. The first kappa shape index (κ1) is 17.0. The summed E-state index contributed by atoms with van der Waals surface area (Å²) in [5.74, 6) is 1.13. The van der Waals surface area contributed by atoms with Crippen molar-refractivity contribution in [3.8, 4) is 17.2 Å². The third-order valence-corrected chi connectivity index (χ3v) is 3.52. The molecule has 0 spiro atoms. The fraction of sp³-hybridized carbons (Fsp3) is 0.294. The van der Waals surface area contributed by atoms with Crippen molar-refractivity contribution in [2.24, 2.45) is 0 Å². The van der Waals surface area contributed by atoms with E-state index >= 15 is 0 Å². The second kappa shape index (κ2) is 8.32. The number of benzene rings is 2. The highest BCUT2D eigenvalue weighted by atomic mass is 16.5. The predicted octanol–water partition coefficient (Wildman–Crippen LogP) is 1.07. The lowest BCUT2D eigenvalue weighted by atomic mass is 10.3. The molecule has 132 valence electrons. The minimum absolute atomic E-state index is 0.109. The summed E-state index contributed by atoms with van der Waals surface area (Å²) in [5, 5.41) is 33.2. The van der Waals surface area contributed by atoms with Crippen molar-refractivity contribution in [2.75, 3.05) is 26.3 Å². The number of para-hydroxylation sites is 3. The summed E-state index contributed by atoms with van der Waals surface area (Å²) in [5.41, 5.74) is 1.35. The van der Waals surface area contributed by atoms with Gasteiger partial charge >= 0.3 is 0 Å². The number of aromatic nitrogens is 3. The molecule has 0 saturated heterocycles. The number of H-pyrrole nitrogens is 1. The van der Waals surface area contributed by atoms with Gasteiger partial charge in [-0.2, -0.15) is 15.4 Å². The summed E-state index contributed by atoms with van der Waals surface area (Å²) in [7, 11) is 0. The van der Waals surface area contributed by atoms with Crippen molar-refractivity contribution in [3.05, 3.63) is 42.5 Å². The van der Waals surface area contributed by atoms with E-state index in [4.69, 9.17) is 9.47 Å². The van der Waals surface area contributed by atoms with Crippen molar-refractivity contribution in [1.29, 1.82) is 0 Å². The molecule has 25 heavy (non-hydrogen) atoms. The largest absolute Gasteiger partial charge is 0.504 e. The van der Waals surface area contributed by atoms with Crippen molar-refractivity contribution >= 4 is 11.0 Å². The normalized spacial score (nSPS) is 12.2. The lowest BCUT2D eigenvalue weighted by molar-refractivity contribution is 0.106. The van der Waals surface area contributed by atoms with E-state index in [2.05, 4.69) is 20.7 Å². The van der Waals surface area contributed by atoms with Crippen molar-refractivity contribution in [2.45, 2.75) is 6.10 Å². The van der Waals surface area contributed by atoms with Gasteiger partial charge in [0.2, 0.25) is 0 Å². The highest BCUT2D eigenvalue weighted by Crippen LogP contribution is 2.24. The van der Waals surface area contributed by atoms with E-state index in [0.29, 0.717) is 42.2 Å². The molecule has 0 bridgehead atoms. The second-order valence-electron chi connectivity index (χ2n) is 5.43. The zero-order valence-electron chi connectivity index (χ0n) is 13.6. The molecule has 1 aromatic heterocycles. The molecule has 2 aromatic carbocycles. The van der Waals surface area contributed by atoms with Crippen LogP contribution in [0.4, 0.5) is 0 Å². The maximum Gasteiger partial charge on any atom is 0.160 e. The van der Waals surface area contributed by atoms with Gasteiger partial charge in [-0.1, -0.05) is 18.2 Å². The maximum atomic E-state index is 9.98. The number of aromatic hydroxyl groups is 1. The first-order chi connectivity index (χ1) is 12.2. The van der Waals surface area contributed by atoms with Crippen LogP contribution in [0.5, 0.6) is 17.2 Å². The number of rotatable bonds is 9. The minimum atomic E-state index is -0.674. The standard InChI is InChI=1S/C17H20N4O4/c22-12(10-18-8-9-24-15-6-2-1-5-14(15)23)11-25-16-7-3-4-13-17(16)20-21-19-13/h1-7,12,18,22-23H,8-11H2,(H,19,20,21). The molecule has 0 radical (unpaired) electrons. The van der Waals surface area contributed by atoms with Crippen LogP contribution >= 0.6 is 0 Å². The zero-order valence-corrected chi connectivity index (χ0v) is 13.6. The molecule has 4 N–H and O–H groups in total. The number of nitrogens with one attached hydrogen (secondary N) is 2. The monoisotopic (exact) mass is 344 g/mol. The lowest BCUT2D eigenvalue weighted by Gasteiger charge is -2.14. The SMILES string of the molecule is Oc1ccccc1OCCNCC(O)COc1cccc2n[nH]nc12. The Morgan fingerprint density at radius 3 is 2.76 bits per heavy atom. The number of ether oxygens (including phenoxy) is 2. The van der Waals surface area contributed by atoms with E-state index < -0.39 is 6.10 Å². The Bertz CT molecular complexity index is 808. The molecule has 0 aliphatic heterocycles. The van der Waals surface area contributed by atoms with Gasteiger partial charge in [0.05, 0.1) is 0 Å². The Balaban J connectivity index is 1.35. The molecule has 3 aromatic rings. The highest BCUT2D eigenvalue weighted by Gasteiger charge is 2.09. The van der Waals surface area contributed by atoms with Crippen LogP contribution in [0.15, 0.2) is 42.5 Å². The van der Waals surface area contributed by atoms with Crippen LogP contribution in [0.25, 0.3) is 11.0 Å². The Morgan fingerprint density at radius 1 is 1.04 bits per heavy atom. The quantitative estimate of drug-likeness (QED) is 0.430. The van der Waals surface area contributed by atoms with Crippen LogP contribution in [0, 0.1) is 0 Å². The molecule has 0 fully saturated rings. The number of hydrogen-bond donors (Lipinski definition) is 4. The Labute approximate surface area is 144 Å². The third kappa shape index (κ3) is 4.59. The van der Waals surface area contributed by atoms with Crippen molar-refractivity contribution in [3.63, 3.8) is 0 Å². The van der Waals surface area contributed by atoms with Crippen LogP contribution in [0.1, 0.15) is 0 Å². The van der Waals surface area contributed by atoms with Crippen molar-refractivity contribution < 1.29 is 19.7 Å². The van der Waals surface area contributed by atoms with Crippen LogP contribution in [-0.4, -0.2) is 58.0 Å². The van der Waals surface area contributed by atoms with Gasteiger partial charge < -0.3 is 25.0 Å². The number of nitrogens with zero attached hydrogens (tertiary/aromatic N) is 2. The number of hydrogen-bond acceptors (Lipinski definition) is 7. The minimum Gasteiger partial charge on any atom is -0.504 e. The van der Waals surface area contributed by atoms with Crippen LogP contribution in [-0.2, 0) is 0 Å². The van der Waals surface area contributed by atoms with Gasteiger partial charge in [0.15, 0.2) is 17.0 Å². The first-order valence-electron chi connectivity index (χ1n) is 7.96. The summed E-state index contributed by atoms with van der Waals surface area (Å²) in [6.45, 7) is 1.41. The molecule has 1 atom stereocenters. The van der Waals surface area contributed by atoms with E-state index in [1.165, 1.54) is 0 Å². The summed E-state index contributed by atoms with van der Waals surface area (Å²) in [6, 6.07) is 12.2. The van der Waals surface area contributed by atoms with E-state index in [9.17, 15) is 10.2 Å². The number of phenols is 1. The molecule has 8 heteroatoms. The first-order valence-corrected chi connectivity index (χ1v) is 7.96. The Kier molecular flexibility index (Phi) is 5.65. The molecule has 1 unspecified atom stereocenters. The van der Waals surface area contributed by atoms with Gasteiger partial charge in [-0.05, 0) is 24.3 Å².